The van der Waals surface area contributed by atoms with Gasteiger partial charge < -0.3 is 10.6 Å². The number of rotatable bonds is 4. The minimum Gasteiger partial charge on any atom is -0.371 e. The molecule has 0 aromatic heterocycles. The maximum atomic E-state index is 6.33. The van der Waals surface area contributed by atoms with Crippen LogP contribution in [0.4, 0.5) is 5.69 Å². The van der Waals surface area contributed by atoms with Gasteiger partial charge in [0.25, 0.3) is 0 Å². The highest BCUT2D eigenvalue weighted by Gasteiger charge is 2.14. The van der Waals surface area contributed by atoms with E-state index < -0.39 is 0 Å². The van der Waals surface area contributed by atoms with E-state index in [2.05, 4.69) is 30.0 Å². The summed E-state index contributed by atoms with van der Waals surface area (Å²) >= 11 is 6.33. The second kappa shape index (κ2) is 5.74. The average Bonchev–Trinajstić information content (AvgIpc) is 2.85. The summed E-state index contributed by atoms with van der Waals surface area (Å²) < 4.78 is 0. The Balaban J connectivity index is 2.10. The van der Waals surface area contributed by atoms with E-state index in [0.717, 1.165) is 31.0 Å². The van der Waals surface area contributed by atoms with Crippen molar-refractivity contribution < 1.29 is 0 Å². The van der Waals surface area contributed by atoms with Crippen LogP contribution in [-0.2, 0) is 6.42 Å². The van der Waals surface area contributed by atoms with Crippen LogP contribution in [-0.4, -0.2) is 19.1 Å². The summed E-state index contributed by atoms with van der Waals surface area (Å²) in [7, 11) is 0. The van der Waals surface area contributed by atoms with E-state index in [-0.39, 0.29) is 6.04 Å². The van der Waals surface area contributed by atoms with Gasteiger partial charge in [-0.25, -0.2) is 0 Å². The Kier molecular flexibility index (Phi) is 4.30. The van der Waals surface area contributed by atoms with Gasteiger partial charge in [0, 0.05) is 29.8 Å². The first-order valence-corrected chi connectivity index (χ1v) is 6.87. The molecule has 0 saturated carbocycles. The summed E-state index contributed by atoms with van der Waals surface area (Å²) in [5.74, 6) is 0. The van der Waals surface area contributed by atoms with E-state index in [1.165, 1.54) is 24.1 Å². The van der Waals surface area contributed by atoms with E-state index in [0.29, 0.717) is 0 Å². The highest BCUT2D eigenvalue weighted by molar-refractivity contribution is 6.31. The Hall–Kier alpha value is -0.730. The van der Waals surface area contributed by atoms with E-state index in [1.54, 1.807) is 0 Å². The zero-order valence-corrected chi connectivity index (χ0v) is 11.2. The lowest BCUT2D eigenvalue weighted by molar-refractivity contribution is 0.646. The van der Waals surface area contributed by atoms with Gasteiger partial charge in [-0.2, -0.15) is 0 Å². The molecule has 0 amide bonds. The zero-order chi connectivity index (χ0) is 12.3. The lowest BCUT2D eigenvalue weighted by Crippen LogP contribution is -2.22. The van der Waals surface area contributed by atoms with Crippen molar-refractivity contribution in [3.8, 4) is 0 Å². The molecule has 1 fully saturated rings. The lowest BCUT2D eigenvalue weighted by Gasteiger charge is -2.19. The third-order valence-corrected chi connectivity index (χ3v) is 3.87. The summed E-state index contributed by atoms with van der Waals surface area (Å²) in [4.78, 5) is 2.40. The second-order valence-electron chi connectivity index (χ2n) is 4.84. The van der Waals surface area contributed by atoms with Crippen molar-refractivity contribution in [3.05, 3.63) is 28.8 Å². The van der Waals surface area contributed by atoms with Crippen LogP contribution < -0.4 is 10.6 Å². The van der Waals surface area contributed by atoms with Gasteiger partial charge in [0.15, 0.2) is 0 Å². The number of nitrogens with two attached hydrogens (primary N) is 1. The molecule has 1 saturated heterocycles. The Morgan fingerprint density at radius 1 is 1.35 bits per heavy atom. The van der Waals surface area contributed by atoms with Gasteiger partial charge in [0.2, 0.25) is 0 Å². The van der Waals surface area contributed by atoms with Crippen LogP contribution in [0, 0.1) is 0 Å². The maximum Gasteiger partial charge on any atom is 0.0459 e. The van der Waals surface area contributed by atoms with Crippen LogP contribution in [0.5, 0.6) is 0 Å². The van der Waals surface area contributed by atoms with Crippen molar-refractivity contribution in [2.24, 2.45) is 5.73 Å². The molecule has 1 aromatic rings. The molecule has 0 aliphatic carbocycles. The summed E-state index contributed by atoms with van der Waals surface area (Å²) in [5, 5.41) is 0.860. The molecule has 1 atom stereocenters. The third-order valence-electron chi connectivity index (χ3n) is 3.51. The number of halogens is 1. The molecular formula is C14H21ClN2. The van der Waals surface area contributed by atoms with Crippen LogP contribution >= 0.6 is 11.6 Å². The molecule has 2 nitrogen and oxygen atoms in total. The number of nitrogens with zero attached hydrogens (tertiary/aromatic N) is 1. The summed E-state index contributed by atoms with van der Waals surface area (Å²) in [6, 6.07) is 6.61. The van der Waals surface area contributed by atoms with Crippen molar-refractivity contribution in [3.63, 3.8) is 0 Å². The second-order valence-corrected chi connectivity index (χ2v) is 5.25. The highest BCUT2D eigenvalue weighted by atomic mass is 35.5. The molecule has 1 heterocycles. The van der Waals surface area contributed by atoms with Gasteiger partial charge in [0.05, 0.1) is 0 Å². The van der Waals surface area contributed by atoms with Gasteiger partial charge in [-0.3, -0.25) is 0 Å². The molecule has 1 aromatic carbocycles. The molecule has 0 spiro atoms. The first-order valence-electron chi connectivity index (χ1n) is 6.49. The fraction of sp³-hybridized carbons (Fsp3) is 0.571. The highest BCUT2D eigenvalue weighted by Crippen LogP contribution is 2.27. The fourth-order valence-electron chi connectivity index (χ4n) is 2.30. The minimum atomic E-state index is 0.213. The average molecular weight is 253 g/mol. The summed E-state index contributed by atoms with van der Waals surface area (Å²) in [6.45, 7) is 4.42. The Labute approximate surface area is 109 Å². The van der Waals surface area contributed by atoms with Gasteiger partial charge in [-0.15, -0.1) is 0 Å². The molecule has 3 heteroatoms. The summed E-state index contributed by atoms with van der Waals surface area (Å²) in [6.07, 6.45) is 4.44. The fourth-order valence-corrected chi connectivity index (χ4v) is 2.55. The monoisotopic (exact) mass is 252 g/mol. The molecule has 1 aliphatic rings. The van der Waals surface area contributed by atoms with Crippen LogP contribution in [0.15, 0.2) is 18.2 Å². The third kappa shape index (κ3) is 3.14. The van der Waals surface area contributed by atoms with Crippen LogP contribution in [0.2, 0.25) is 5.02 Å². The van der Waals surface area contributed by atoms with Crippen molar-refractivity contribution in [1.29, 1.82) is 0 Å². The van der Waals surface area contributed by atoms with Crippen molar-refractivity contribution in [1.82, 2.24) is 0 Å². The lowest BCUT2D eigenvalue weighted by atomic mass is 10.0. The SMILES string of the molecule is CCC(N)Cc1ccc(N2CCCC2)cc1Cl. The number of hydrogen-bond acceptors (Lipinski definition) is 2. The normalized spacial score (nSPS) is 17.5. The van der Waals surface area contributed by atoms with E-state index in [4.69, 9.17) is 17.3 Å². The Bertz CT molecular complexity index is 372. The Morgan fingerprint density at radius 2 is 2.06 bits per heavy atom. The molecule has 1 unspecified atom stereocenters. The van der Waals surface area contributed by atoms with Gasteiger partial charge in [-0.1, -0.05) is 24.6 Å². The van der Waals surface area contributed by atoms with Crippen molar-refractivity contribution >= 4 is 17.3 Å². The van der Waals surface area contributed by atoms with Gasteiger partial charge in [0.1, 0.15) is 0 Å². The molecule has 0 bridgehead atoms. The smallest absolute Gasteiger partial charge is 0.0459 e. The topological polar surface area (TPSA) is 29.3 Å². The largest absolute Gasteiger partial charge is 0.371 e. The summed E-state index contributed by atoms with van der Waals surface area (Å²) in [5.41, 5.74) is 8.39. The van der Waals surface area contributed by atoms with Crippen molar-refractivity contribution in [2.45, 2.75) is 38.6 Å². The molecule has 0 radical (unpaired) electrons. The minimum absolute atomic E-state index is 0.213. The predicted octanol–water partition coefficient (Wildman–Crippen LogP) is 3.22. The number of benzene rings is 1. The van der Waals surface area contributed by atoms with Gasteiger partial charge >= 0.3 is 0 Å². The van der Waals surface area contributed by atoms with E-state index in [9.17, 15) is 0 Å². The molecular weight excluding hydrogens is 232 g/mol. The first-order chi connectivity index (χ1) is 8.20. The quantitative estimate of drug-likeness (QED) is 0.892. The van der Waals surface area contributed by atoms with Crippen LogP contribution in [0.1, 0.15) is 31.7 Å². The molecule has 2 rings (SSSR count). The standard InChI is InChI=1S/C14H21ClN2/c1-2-12(16)9-11-5-6-13(10-14(11)15)17-7-3-4-8-17/h5-6,10,12H,2-4,7-9,16H2,1H3. The van der Waals surface area contributed by atoms with E-state index >= 15 is 0 Å². The number of anilines is 1. The molecule has 94 valence electrons. The predicted molar refractivity (Wildman–Crippen MR) is 74.9 cm³/mol. The first kappa shape index (κ1) is 12.7. The van der Waals surface area contributed by atoms with Crippen molar-refractivity contribution in [2.75, 3.05) is 18.0 Å². The molecule has 17 heavy (non-hydrogen) atoms. The molecule has 1 aliphatic heterocycles. The maximum absolute atomic E-state index is 6.33. The Morgan fingerprint density at radius 3 is 2.65 bits per heavy atom. The van der Waals surface area contributed by atoms with Gasteiger partial charge in [-0.05, 0) is 43.4 Å². The van der Waals surface area contributed by atoms with Crippen LogP contribution in [0.3, 0.4) is 0 Å². The van der Waals surface area contributed by atoms with Crippen LogP contribution in [0.25, 0.3) is 0 Å². The molecule has 2 N–H and O–H groups in total. The zero-order valence-electron chi connectivity index (χ0n) is 10.5. The van der Waals surface area contributed by atoms with E-state index in [1.807, 2.05) is 0 Å². The number of hydrogen-bond donors (Lipinski definition) is 1.